The van der Waals surface area contributed by atoms with Crippen LogP contribution in [-0.4, -0.2) is 24.6 Å². The van der Waals surface area contributed by atoms with Crippen LogP contribution in [0.2, 0.25) is 0 Å². The van der Waals surface area contributed by atoms with Gasteiger partial charge in [-0.25, -0.2) is 0 Å². The SMILES string of the molecule is COc1ccc(OCCCC(=O)N[C@@H](C)c2ccncc2)cc1. The van der Waals surface area contributed by atoms with Gasteiger partial charge in [-0.1, -0.05) is 0 Å². The van der Waals surface area contributed by atoms with Gasteiger partial charge in [0, 0.05) is 18.8 Å². The maximum absolute atomic E-state index is 11.9. The molecule has 1 atom stereocenters. The van der Waals surface area contributed by atoms with Gasteiger partial charge in [-0.15, -0.1) is 0 Å². The second-order valence-corrected chi connectivity index (χ2v) is 5.20. The Balaban J connectivity index is 1.66. The Bertz CT molecular complexity index is 599. The largest absolute Gasteiger partial charge is 0.497 e. The highest BCUT2D eigenvalue weighted by molar-refractivity contribution is 5.76. The number of pyridine rings is 1. The Morgan fingerprint density at radius 2 is 1.78 bits per heavy atom. The summed E-state index contributed by atoms with van der Waals surface area (Å²) in [6, 6.07) is 11.2. The Morgan fingerprint density at radius 1 is 1.13 bits per heavy atom. The monoisotopic (exact) mass is 314 g/mol. The van der Waals surface area contributed by atoms with Crippen molar-refractivity contribution < 1.29 is 14.3 Å². The summed E-state index contributed by atoms with van der Waals surface area (Å²) in [6.07, 6.45) is 4.55. The quantitative estimate of drug-likeness (QED) is 0.761. The Kier molecular flexibility index (Phi) is 6.41. The molecule has 23 heavy (non-hydrogen) atoms. The Morgan fingerprint density at radius 3 is 2.43 bits per heavy atom. The molecule has 122 valence electrons. The Hall–Kier alpha value is -2.56. The van der Waals surface area contributed by atoms with Crippen LogP contribution in [0.15, 0.2) is 48.8 Å². The second-order valence-electron chi connectivity index (χ2n) is 5.20. The van der Waals surface area contributed by atoms with Crippen molar-refractivity contribution in [3.8, 4) is 11.5 Å². The number of benzene rings is 1. The molecule has 0 aliphatic rings. The van der Waals surface area contributed by atoms with Crippen molar-refractivity contribution in [1.82, 2.24) is 10.3 Å². The number of hydrogen-bond acceptors (Lipinski definition) is 4. The molecule has 0 unspecified atom stereocenters. The van der Waals surface area contributed by atoms with Gasteiger partial charge in [0.15, 0.2) is 0 Å². The lowest BCUT2D eigenvalue weighted by atomic mass is 10.1. The summed E-state index contributed by atoms with van der Waals surface area (Å²) in [6.45, 7) is 2.46. The van der Waals surface area contributed by atoms with Crippen molar-refractivity contribution in [2.75, 3.05) is 13.7 Å². The van der Waals surface area contributed by atoms with Gasteiger partial charge in [-0.2, -0.15) is 0 Å². The molecule has 0 fully saturated rings. The molecule has 1 heterocycles. The molecule has 1 aromatic carbocycles. The molecule has 0 saturated carbocycles. The third kappa shape index (κ3) is 5.62. The average molecular weight is 314 g/mol. The molecule has 5 nitrogen and oxygen atoms in total. The molecule has 5 heteroatoms. The molecule has 1 N–H and O–H groups in total. The Labute approximate surface area is 136 Å². The van der Waals surface area contributed by atoms with E-state index < -0.39 is 0 Å². The lowest BCUT2D eigenvalue weighted by Crippen LogP contribution is -2.26. The van der Waals surface area contributed by atoms with Gasteiger partial charge < -0.3 is 14.8 Å². The van der Waals surface area contributed by atoms with E-state index >= 15 is 0 Å². The van der Waals surface area contributed by atoms with Crippen LogP contribution in [0.3, 0.4) is 0 Å². The number of carbonyl (C=O) groups excluding carboxylic acids is 1. The zero-order valence-electron chi connectivity index (χ0n) is 13.5. The summed E-state index contributed by atoms with van der Waals surface area (Å²) < 4.78 is 10.7. The van der Waals surface area contributed by atoms with Gasteiger partial charge in [0.1, 0.15) is 11.5 Å². The van der Waals surface area contributed by atoms with Crippen LogP contribution in [0.5, 0.6) is 11.5 Å². The number of amides is 1. The zero-order chi connectivity index (χ0) is 16.5. The molecule has 0 bridgehead atoms. The summed E-state index contributed by atoms with van der Waals surface area (Å²) >= 11 is 0. The number of nitrogens with one attached hydrogen (secondary N) is 1. The summed E-state index contributed by atoms with van der Waals surface area (Å²) in [4.78, 5) is 15.9. The summed E-state index contributed by atoms with van der Waals surface area (Å²) in [7, 11) is 1.63. The number of rotatable bonds is 8. The van der Waals surface area contributed by atoms with Crippen molar-refractivity contribution in [3.05, 3.63) is 54.4 Å². The van der Waals surface area contributed by atoms with Gasteiger partial charge >= 0.3 is 0 Å². The highest BCUT2D eigenvalue weighted by Crippen LogP contribution is 2.17. The third-order valence-corrected chi connectivity index (χ3v) is 3.46. The molecular weight excluding hydrogens is 292 g/mol. The molecule has 1 amide bonds. The molecule has 2 aromatic rings. The minimum Gasteiger partial charge on any atom is -0.497 e. The summed E-state index contributed by atoms with van der Waals surface area (Å²) in [5.41, 5.74) is 1.04. The predicted octanol–water partition coefficient (Wildman–Crippen LogP) is 3.13. The smallest absolute Gasteiger partial charge is 0.220 e. The van der Waals surface area contributed by atoms with Gasteiger partial charge in [-0.05, 0) is 55.3 Å². The van der Waals surface area contributed by atoms with Crippen LogP contribution in [0.25, 0.3) is 0 Å². The molecule has 0 aliphatic heterocycles. The van der Waals surface area contributed by atoms with Gasteiger partial charge in [0.2, 0.25) is 5.91 Å². The topological polar surface area (TPSA) is 60.5 Å². The van der Waals surface area contributed by atoms with Crippen LogP contribution in [0, 0.1) is 0 Å². The first kappa shape index (κ1) is 16.8. The van der Waals surface area contributed by atoms with Crippen molar-refractivity contribution in [1.29, 1.82) is 0 Å². The maximum Gasteiger partial charge on any atom is 0.220 e. The van der Waals surface area contributed by atoms with Gasteiger partial charge in [0.05, 0.1) is 19.8 Å². The molecule has 1 aromatic heterocycles. The molecule has 0 spiro atoms. The van der Waals surface area contributed by atoms with E-state index in [1.165, 1.54) is 0 Å². The normalized spacial score (nSPS) is 11.6. The molecular formula is C18H22N2O3. The van der Waals surface area contributed by atoms with Gasteiger partial charge in [0.25, 0.3) is 0 Å². The maximum atomic E-state index is 11.9. The van der Waals surface area contributed by atoms with Gasteiger partial charge in [-0.3, -0.25) is 9.78 Å². The molecule has 2 rings (SSSR count). The van der Waals surface area contributed by atoms with Crippen LogP contribution < -0.4 is 14.8 Å². The highest BCUT2D eigenvalue weighted by Gasteiger charge is 2.09. The fourth-order valence-corrected chi connectivity index (χ4v) is 2.14. The standard InChI is InChI=1S/C18H22N2O3/c1-14(15-9-11-19-12-10-15)20-18(21)4-3-13-23-17-7-5-16(22-2)6-8-17/h5-12,14H,3-4,13H2,1-2H3,(H,20,21)/t14-/m0/s1. The van der Waals surface area contributed by atoms with Crippen molar-refractivity contribution in [2.45, 2.75) is 25.8 Å². The second kappa shape index (κ2) is 8.78. The lowest BCUT2D eigenvalue weighted by molar-refractivity contribution is -0.121. The predicted molar refractivity (Wildman–Crippen MR) is 88.5 cm³/mol. The minimum absolute atomic E-state index is 0.0204. The minimum atomic E-state index is -0.0204. The zero-order valence-corrected chi connectivity index (χ0v) is 13.5. The van der Waals surface area contributed by atoms with E-state index in [0.29, 0.717) is 19.4 Å². The number of hydrogen-bond donors (Lipinski definition) is 1. The van der Waals surface area contributed by atoms with Crippen LogP contribution in [0.4, 0.5) is 0 Å². The summed E-state index contributed by atoms with van der Waals surface area (Å²) in [5, 5.41) is 2.97. The number of nitrogens with zero attached hydrogens (tertiary/aromatic N) is 1. The van der Waals surface area contributed by atoms with Crippen LogP contribution >= 0.6 is 0 Å². The van der Waals surface area contributed by atoms with Crippen molar-refractivity contribution in [2.24, 2.45) is 0 Å². The van der Waals surface area contributed by atoms with E-state index in [-0.39, 0.29) is 11.9 Å². The van der Waals surface area contributed by atoms with E-state index in [0.717, 1.165) is 17.1 Å². The summed E-state index contributed by atoms with van der Waals surface area (Å²) in [5.74, 6) is 1.59. The number of methoxy groups -OCH3 is 1. The van der Waals surface area contributed by atoms with Crippen molar-refractivity contribution in [3.63, 3.8) is 0 Å². The van der Waals surface area contributed by atoms with E-state index in [2.05, 4.69) is 10.3 Å². The third-order valence-electron chi connectivity index (χ3n) is 3.46. The molecule has 0 radical (unpaired) electrons. The lowest BCUT2D eigenvalue weighted by Gasteiger charge is -2.14. The number of carbonyl (C=O) groups is 1. The molecule has 0 aliphatic carbocycles. The number of aromatic nitrogens is 1. The van der Waals surface area contributed by atoms with E-state index in [1.54, 1.807) is 19.5 Å². The average Bonchev–Trinajstić information content (AvgIpc) is 2.60. The first-order valence-electron chi connectivity index (χ1n) is 7.65. The van der Waals surface area contributed by atoms with E-state index in [4.69, 9.17) is 9.47 Å². The fourth-order valence-electron chi connectivity index (χ4n) is 2.14. The van der Waals surface area contributed by atoms with Crippen LogP contribution in [-0.2, 0) is 4.79 Å². The number of ether oxygens (including phenoxy) is 2. The first-order valence-corrected chi connectivity index (χ1v) is 7.65. The van der Waals surface area contributed by atoms with Crippen LogP contribution in [0.1, 0.15) is 31.4 Å². The first-order chi connectivity index (χ1) is 11.2. The fraction of sp³-hybridized carbons (Fsp3) is 0.333. The van der Waals surface area contributed by atoms with E-state index in [1.807, 2.05) is 43.3 Å². The highest BCUT2D eigenvalue weighted by atomic mass is 16.5. The molecule has 0 saturated heterocycles. The van der Waals surface area contributed by atoms with Crippen molar-refractivity contribution >= 4 is 5.91 Å². The van der Waals surface area contributed by atoms with E-state index in [9.17, 15) is 4.79 Å².